The maximum absolute atomic E-state index is 13.4. The second-order valence-electron chi connectivity index (χ2n) is 9.78. The molecule has 3 atom stereocenters. The van der Waals surface area contributed by atoms with Gasteiger partial charge >= 0.3 is 12.0 Å². The van der Waals surface area contributed by atoms with E-state index in [2.05, 4.69) is 15.6 Å². The third kappa shape index (κ3) is 6.99. The molecule has 0 radical (unpaired) electrons. The Hall–Kier alpha value is -2.55. The van der Waals surface area contributed by atoms with Gasteiger partial charge in [0, 0.05) is 24.2 Å². The highest BCUT2D eigenvalue weighted by Gasteiger charge is 2.46. The van der Waals surface area contributed by atoms with Gasteiger partial charge in [-0.05, 0) is 32.3 Å². The van der Waals surface area contributed by atoms with E-state index in [0.717, 1.165) is 0 Å². The Labute approximate surface area is 187 Å². The van der Waals surface area contributed by atoms with Crippen LogP contribution in [0.3, 0.4) is 0 Å². The molecular formula is C21H31ClN4O5. The van der Waals surface area contributed by atoms with Crippen molar-refractivity contribution in [1.82, 2.24) is 20.5 Å². The molecule has 2 heterocycles. The summed E-state index contributed by atoms with van der Waals surface area (Å²) in [7, 11) is 0. The van der Waals surface area contributed by atoms with Crippen LogP contribution in [-0.2, 0) is 9.59 Å². The number of nitrogens with one attached hydrogen (secondary N) is 2. The monoisotopic (exact) mass is 454 g/mol. The first-order chi connectivity index (χ1) is 14.2. The molecule has 3 amide bonds. The van der Waals surface area contributed by atoms with Gasteiger partial charge in [-0.2, -0.15) is 0 Å². The Morgan fingerprint density at radius 2 is 1.87 bits per heavy atom. The van der Waals surface area contributed by atoms with Gasteiger partial charge in [0.2, 0.25) is 11.8 Å². The van der Waals surface area contributed by atoms with Crippen LogP contribution < -0.4 is 15.4 Å². The van der Waals surface area contributed by atoms with Crippen LogP contribution in [0, 0.1) is 5.41 Å². The Morgan fingerprint density at radius 3 is 2.35 bits per heavy atom. The molecule has 1 aliphatic heterocycles. The zero-order chi connectivity index (χ0) is 23.6. The molecule has 1 saturated heterocycles. The number of pyridine rings is 1. The molecule has 1 aromatic rings. The van der Waals surface area contributed by atoms with Crippen LogP contribution in [0.25, 0.3) is 0 Å². The van der Waals surface area contributed by atoms with Crippen molar-refractivity contribution in [3.05, 3.63) is 23.4 Å². The van der Waals surface area contributed by atoms with Gasteiger partial charge in [-0.15, -0.1) is 0 Å². The number of rotatable bonds is 5. The number of carbonyl (C=O) groups excluding carboxylic acids is 2. The Morgan fingerprint density at radius 1 is 1.23 bits per heavy atom. The van der Waals surface area contributed by atoms with Crippen LogP contribution in [0.5, 0.6) is 5.88 Å². The number of aliphatic carboxylic acids is 1. The number of hydrogen-bond acceptors (Lipinski definition) is 5. The van der Waals surface area contributed by atoms with Gasteiger partial charge < -0.3 is 25.4 Å². The van der Waals surface area contributed by atoms with Crippen molar-refractivity contribution in [3.63, 3.8) is 0 Å². The average molecular weight is 455 g/mol. The predicted molar refractivity (Wildman–Crippen MR) is 116 cm³/mol. The Bertz CT molecular complexity index is 817. The second kappa shape index (κ2) is 9.30. The standard InChI is InChI=1S/C21H31ClN4O5/c1-20(2,3)16(24-19(30)25-21(4,5)6)17(27)26-11-13(9-14(26)18(28)29)31-15-8-7-12(22)10-23-15/h7-8,10,13-14,16H,9,11H2,1-6H3,(H,28,29)(H2,24,25,30). The smallest absolute Gasteiger partial charge is 0.326 e. The summed E-state index contributed by atoms with van der Waals surface area (Å²) in [4.78, 5) is 43.0. The first kappa shape index (κ1) is 24.7. The molecule has 1 fully saturated rings. The number of carboxylic acids is 1. The zero-order valence-corrected chi connectivity index (χ0v) is 19.5. The first-order valence-electron chi connectivity index (χ1n) is 10.1. The molecule has 2 rings (SSSR count). The molecule has 0 spiro atoms. The number of ether oxygens (including phenoxy) is 1. The van der Waals surface area contributed by atoms with Crippen LogP contribution in [-0.4, -0.2) is 63.2 Å². The van der Waals surface area contributed by atoms with Gasteiger partial charge in [0.05, 0.1) is 11.6 Å². The highest BCUT2D eigenvalue weighted by atomic mass is 35.5. The van der Waals surface area contributed by atoms with Crippen molar-refractivity contribution in [2.24, 2.45) is 5.41 Å². The lowest BCUT2D eigenvalue weighted by molar-refractivity contribution is -0.150. The van der Waals surface area contributed by atoms with Crippen molar-refractivity contribution in [1.29, 1.82) is 0 Å². The van der Waals surface area contributed by atoms with Crippen LogP contribution in [0.4, 0.5) is 4.79 Å². The van der Waals surface area contributed by atoms with E-state index in [0.29, 0.717) is 10.9 Å². The summed E-state index contributed by atoms with van der Waals surface area (Å²) in [5, 5.41) is 15.6. The summed E-state index contributed by atoms with van der Waals surface area (Å²) in [5.41, 5.74) is -1.14. The van der Waals surface area contributed by atoms with Gasteiger partial charge in [0.15, 0.2) is 0 Å². The second-order valence-corrected chi connectivity index (χ2v) is 10.2. The molecule has 0 aromatic carbocycles. The van der Waals surface area contributed by atoms with Crippen molar-refractivity contribution in [2.75, 3.05) is 6.54 Å². The van der Waals surface area contributed by atoms with Crippen molar-refractivity contribution in [3.8, 4) is 5.88 Å². The summed E-state index contributed by atoms with van der Waals surface area (Å²) >= 11 is 5.83. The van der Waals surface area contributed by atoms with E-state index in [1.807, 2.05) is 41.5 Å². The van der Waals surface area contributed by atoms with E-state index in [-0.39, 0.29) is 13.0 Å². The fourth-order valence-electron chi connectivity index (χ4n) is 3.29. The molecule has 3 N–H and O–H groups in total. The summed E-state index contributed by atoms with van der Waals surface area (Å²) in [6, 6.07) is 0.708. The average Bonchev–Trinajstić information content (AvgIpc) is 3.03. The normalized spacial score (nSPS) is 20.2. The number of aromatic nitrogens is 1. The highest BCUT2D eigenvalue weighted by molar-refractivity contribution is 6.30. The third-order valence-corrected chi connectivity index (χ3v) is 4.92. The number of nitrogens with zero attached hydrogens (tertiary/aromatic N) is 2. The summed E-state index contributed by atoms with van der Waals surface area (Å²) in [5.74, 6) is -1.31. The minimum atomic E-state index is -1.13. The Balaban J connectivity index is 2.19. The maximum Gasteiger partial charge on any atom is 0.326 e. The summed E-state index contributed by atoms with van der Waals surface area (Å²) in [6.45, 7) is 11.0. The SMILES string of the molecule is CC(C)(C)NC(=O)NC(C(=O)N1CC(Oc2ccc(Cl)cn2)CC1C(=O)O)C(C)(C)C. The van der Waals surface area contributed by atoms with E-state index < -0.39 is 47.0 Å². The summed E-state index contributed by atoms with van der Waals surface area (Å²) < 4.78 is 5.78. The topological polar surface area (TPSA) is 121 Å². The van der Waals surface area contributed by atoms with Crippen molar-refractivity contribution >= 4 is 29.5 Å². The number of carbonyl (C=O) groups is 3. The third-order valence-electron chi connectivity index (χ3n) is 4.70. The molecule has 9 nitrogen and oxygen atoms in total. The molecule has 0 saturated carbocycles. The van der Waals surface area contributed by atoms with Gasteiger partial charge in [-0.3, -0.25) is 4.79 Å². The Kier molecular flexibility index (Phi) is 7.41. The lowest BCUT2D eigenvalue weighted by atomic mass is 9.85. The largest absolute Gasteiger partial charge is 0.480 e. The maximum atomic E-state index is 13.4. The van der Waals surface area contributed by atoms with E-state index in [9.17, 15) is 19.5 Å². The van der Waals surface area contributed by atoms with E-state index in [4.69, 9.17) is 16.3 Å². The molecule has 1 aliphatic rings. The number of urea groups is 1. The number of halogens is 1. The molecule has 1 aromatic heterocycles. The van der Waals surface area contributed by atoms with Crippen LogP contribution >= 0.6 is 11.6 Å². The quantitative estimate of drug-likeness (QED) is 0.629. The molecule has 3 unspecified atom stereocenters. The molecule has 172 valence electrons. The van der Waals surface area contributed by atoms with Crippen LogP contribution in [0.2, 0.25) is 5.02 Å². The molecule has 10 heteroatoms. The number of likely N-dealkylation sites (tertiary alicyclic amines) is 1. The molecular weight excluding hydrogens is 424 g/mol. The lowest BCUT2D eigenvalue weighted by Gasteiger charge is -2.35. The molecule has 0 bridgehead atoms. The van der Waals surface area contributed by atoms with Crippen LogP contribution in [0.1, 0.15) is 48.0 Å². The van der Waals surface area contributed by atoms with Crippen molar-refractivity contribution in [2.45, 2.75) is 71.7 Å². The fourth-order valence-corrected chi connectivity index (χ4v) is 3.40. The zero-order valence-electron chi connectivity index (χ0n) is 18.7. The first-order valence-corrected chi connectivity index (χ1v) is 10.5. The van der Waals surface area contributed by atoms with E-state index in [1.165, 1.54) is 11.1 Å². The fraction of sp³-hybridized carbons (Fsp3) is 0.619. The minimum Gasteiger partial charge on any atom is -0.480 e. The van der Waals surface area contributed by atoms with Gasteiger partial charge in [0.1, 0.15) is 18.2 Å². The van der Waals surface area contributed by atoms with E-state index in [1.54, 1.807) is 12.1 Å². The lowest BCUT2D eigenvalue weighted by Crippen LogP contribution is -2.60. The predicted octanol–water partition coefficient (Wildman–Crippen LogP) is 2.68. The molecule has 31 heavy (non-hydrogen) atoms. The van der Waals surface area contributed by atoms with Gasteiger partial charge in [-0.1, -0.05) is 32.4 Å². The van der Waals surface area contributed by atoms with Crippen LogP contribution in [0.15, 0.2) is 18.3 Å². The minimum absolute atomic E-state index is 0.0647. The number of carboxylic acid groups (broad SMARTS) is 1. The molecule has 0 aliphatic carbocycles. The van der Waals surface area contributed by atoms with Crippen molar-refractivity contribution < 1.29 is 24.2 Å². The number of amides is 3. The van der Waals surface area contributed by atoms with Gasteiger partial charge in [-0.25, -0.2) is 14.6 Å². The van der Waals surface area contributed by atoms with Gasteiger partial charge in [0.25, 0.3) is 0 Å². The van der Waals surface area contributed by atoms with E-state index >= 15 is 0 Å². The highest BCUT2D eigenvalue weighted by Crippen LogP contribution is 2.28. The number of hydrogen-bond donors (Lipinski definition) is 3. The summed E-state index contributed by atoms with van der Waals surface area (Å²) in [6.07, 6.45) is 0.982.